The van der Waals surface area contributed by atoms with Crippen LogP contribution in [0.3, 0.4) is 0 Å². The predicted octanol–water partition coefficient (Wildman–Crippen LogP) is 3.34. The summed E-state index contributed by atoms with van der Waals surface area (Å²) < 4.78 is 44.2. The van der Waals surface area contributed by atoms with Gasteiger partial charge >= 0.3 is 23.9 Å². The smallest absolute Gasteiger partial charge is 0.338 e. The average molecular weight is 850 g/mol. The number of halogens is 1. The van der Waals surface area contributed by atoms with Gasteiger partial charge in [0.2, 0.25) is 5.91 Å². The summed E-state index contributed by atoms with van der Waals surface area (Å²) in [6, 6.07) is 14.1. The maximum atomic E-state index is 15.4. The van der Waals surface area contributed by atoms with E-state index in [1.807, 2.05) is 0 Å². The van der Waals surface area contributed by atoms with Crippen LogP contribution in [0.4, 0.5) is 4.39 Å². The van der Waals surface area contributed by atoms with Crippen molar-refractivity contribution in [2.45, 2.75) is 121 Å². The Hall–Kier alpha value is -5.29. The zero-order valence-electron chi connectivity index (χ0n) is 35.0. The lowest BCUT2D eigenvalue weighted by molar-refractivity contribution is -0.346. The number of esters is 4. The first-order chi connectivity index (χ1) is 28.5. The van der Waals surface area contributed by atoms with Crippen molar-refractivity contribution in [2.75, 3.05) is 6.61 Å². The van der Waals surface area contributed by atoms with Crippen LogP contribution in [0.5, 0.6) is 0 Å². The minimum Gasteiger partial charge on any atom is -0.456 e. The summed E-state index contributed by atoms with van der Waals surface area (Å²) in [5.41, 5.74) is -8.12. The summed E-state index contributed by atoms with van der Waals surface area (Å²) in [6.07, 6.45) is -12.6. The number of hydrogen-bond acceptors (Lipinski definition) is 14. The van der Waals surface area contributed by atoms with E-state index in [-0.39, 0.29) is 35.3 Å². The zero-order valence-corrected chi connectivity index (χ0v) is 35.0. The van der Waals surface area contributed by atoms with Crippen LogP contribution in [-0.2, 0) is 47.7 Å². The minimum atomic E-state index is -2.43. The summed E-state index contributed by atoms with van der Waals surface area (Å²) >= 11 is 0. The van der Waals surface area contributed by atoms with Gasteiger partial charge < -0.3 is 44.3 Å². The number of nitrogens with one attached hydrogen (secondary N) is 1. The van der Waals surface area contributed by atoms with Gasteiger partial charge in [-0.2, -0.15) is 0 Å². The fourth-order valence-corrected chi connectivity index (χ4v) is 9.78. The van der Waals surface area contributed by atoms with Gasteiger partial charge in [-0.1, -0.05) is 69.0 Å². The highest BCUT2D eigenvalue weighted by atomic mass is 19.1. The summed E-state index contributed by atoms with van der Waals surface area (Å²) in [5.74, 6) is -7.47. The van der Waals surface area contributed by atoms with Gasteiger partial charge in [0.25, 0.3) is 0 Å². The maximum Gasteiger partial charge on any atom is 0.338 e. The molecule has 3 fully saturated rings. The molecule has 3 aliphatic carbocycles. The number of Topliss-reactive ketones (excluding diaryl/α,β-unsaturated/α-hetero) is 1. The van der Waals surface area contributed by atoms with Crippen molar-refractivity contribution in [1.82, 2.24) is 5.32 Å². The van der Waals surface area contributed by atoms with E-state index in [9.17, 15) is 43.7 Å². The number of alkyl halides is 1. The van der Waals surface area contributed by atoms with E-state index in [1.165, 1.54) is 52.0 Å². The molecule has 15 nitrogen and oxygen atoms in total. The first kappa shape index (κ1) is 45.2. The van der Waals surface area contributed by atoms with Crippen LogP contribution in [0.25, 0.3) is 0 Å². The summed E-state index contributed by atoms with van der Waals surface area (Å²) in [7, 11) is 0. The van der Waals surface area contributed by atoms with E-state index in [2.05, 4.69) is 11.9 Å². The molecule has 2 aromatic rings. The summed E-state index contributed by atoms with van der Waals surface area (Å²) in [4.78, 5) is 82.8. The van der Waals surface area contributed by atoms with Crippen molar-refractivity contribution in [1.29, 1.82) is 0 Å². The van der Waals surface area contributed by atoms with Crippen molar-refractivity contribution in [3.05, 3.63) is 95.1 Å². The van der Waals surface area contributed by atoms with E-state index in [0.717, 1.165) is 20.8 Å². The second-order valence-corrected chi connectivity index (χ2v) is 17.1. The third kappa shape index (κ3) is 7.57. The van der Waals surface area contributed by atoms with E-state index in [4.69, 9.17) is 23.7 Å². The van der Waals surface area contributed by atoms with Crippen LogP contribution in [0.1, 0.15) is 83.3 Å². The number of ether oxygens (including phenoxy) is 5. The quantitative estimate of drug-likeness (QED) is 0.110. The van der Waals surface area contributed by atoms with E-state index >= 15 is 4.79 Å². The Kier molecular flexibility index (Phi) is 12.3. The first-order valence-corrected chi connectivity index (χ1v) is 20.0. The van der Waals surface area contributed by atoms with Crippen LogP contribution >= 0.6 is 0 Å². The largest absolute Gasteiger partial charge is 0.456 e. The Balaban J connectivity index is 1.55. The van der Waals surface area contributed by atoms with Crippen LogP contribution < -0.4 is 5.32 Å². The van der Waals surface area contributed by atoms with Crippen LogP contribution in [-0.4, -0.2) is 111 Å². The molecule has 2 aromatic carbocycles. The van der Waals surface area contributed by atoms with Gasteiger partial charge in [0.1, 0.15) is 30.1 Å². The number of aliphatic hydroxyl groups is 3. The van der Waals surface area contributed by atoms with Crippen molar-refractivity contribution in [2.24, 2.45) is 16.7 Å². The summed E-state index contributed by atoms with van der Waals surface area (Å²) in [6.45, 7) is 12.3. The van der Waals surface area contributed by atoms with Crippen LogP contribution in [0.15, 0.2) is 84.0 Å². The van der Waals surface area contributed by atoms with Gasteiger partial charge in [0.05, 0.1) is 35.6 Å². The number of fused-ring (bicyclic) bond motifs is 5. The Morgan fingerprint density at radius 3 is 2.10 bits per heavy atom. The van der Waals surface area contributed by atoms with Gasteiger partial charge in [-0.15, -0.1) is 0 Å². The van der Waals surface area contributed by atoms with E-state index in [0.29, 0.717) is 0 Å². The molecular formula is C45H52FNO14. The maximum absolute atomic E-state index is 15.4. The molecule has 4 N–H and O–H groups in total. The fraction of sp³-hybridized carbons (Fsp3) is 0.511. The lowest BCUT2D eigenvalue weighted by atomic mass is 9.44. The molecule has 2 bridgehead atoms. The number of carbonyl (C=O) groups is 6. The highest BCUT2D eigenvalue weighted by molar-refractivity contribution is 5.96. The van der Waals surface area contributed by atoms with Gasteiger partial charge in [-0.25, -0.2) is 14.0 Å². The highest BCUT2D eigenvalue weighted by Gasteiger charge is 2.78. The van der Waals surface area contributed by atoms with Crippen LogP contribution in [0, 0.1) is 16.7 Å². The molecule has 16 heteroatoms. The second kappa shape index (κ2) is 16.5. The molecule has 6 rings (SSSR count). The average Bonchev–Trinajstić information content (AvgIpc) is 3.20. The van der Waals surface area contributed by atoms with Crippen molar-refractivity contribution < 1.29 is 72.2 Å². The minimum absolute atomic E-state index is 0.0452. The molecule has 12 atom stereocenters. The topological polar surface area (TPSA) is 221 Å². The molecule has 0 aromatic heterocycles. The number of benzene rings is 2. The molecular weight excluding hydrogens is 797 g/mol. The van der Waals surface area contributed by atoms with Crippen molar-refractivity contribution in [3.8, 4) is 0 Å². The molecule has 2 saturated carbocycles. The highest BCUT2D eigenvalue weighted by Crippen LogP contribution is 2.64. The lowest BCUT2D eigenvalue weighted by Gasteiger charge is -2.67. The number of rotatable bonds is 11. The number of hydrogen-bond donors (Lipinski definition) is 4. The monoisotopic (exact) mass is 849 g/mol. The third-order valence-electron chi connectivity index (χ3n) is 13.2. The molecule has 1 amide bonds. The third-order valence-corrected chi connectivity index (χ3v) is 13.2. The molecule has 4 aliphatic rings. The van der Waals surface area contributed by atoms with Gasteiger partial charge in [0, 0.05) is 37.7 Å². The Labute approximate surface area is 352 Å². The van der Waals surface area contributed by atoms with Crippen LogP contribution in [0.2, 0.25) is 0 Å². The van der Waals surface area contributed by atoms with Gasteiger partial charge in [-0.3, -0.25) is 19.2 Å². The molecule has 328 valence electrons. The molecule has 1 unspecified atom stereocenters. The predicted molar refractivity (Wildman–Crippen MR) is 212 cm³/mol. The fourth-order valence-electron chi connectivity index (χ4n) is 9.78. The Morgan fingerprint density at radius 2 is 1.56 bits per heavy atom. The van der Waals surface area contributed by atoms with E-state index in [1.54, 1.807) is 36.4 Å². The standard InChI is InChI=1S/C45H52FNO14/c1-22(24(3)46)39(53)47-33(27-15-11-9-12-16-27)34(51)41(55)59-29-20-45(56)38(60-40(54)28-17-13-10-14-18-28)36-43(8,30(50)19-31-44(36,21-57-31)61-26(5)49)37(52)35(58-25(4)48)32(23(29)2)42(45,6)7/h9-18,24,29-31,33-36,38,50-51,56H,1,19-21H2,2-8H3,(H,47,53)/t24?,29-,30-,31+,33-,34-,35+,36-,38-,43+,44-,45+/m0/s1. The first-order valence-electron chi connectivity index (χ1n) is 20.0. The van der Waals surface area contributed by atoms with Gasteiger partial charge in [-0.05, 0) is 49.6 Å². The summed E-state index contributed by atoms with van der Waals surface area (Å²) in [5, 5.41) is 39.7. The normalized spacial score (nSPS) is 32.7. The number of carbonyl (C=O) groups excluding carboxylic acids is 6. The Bertz CT molecular complexity index is 2140. The molecule has 0 radical (unpaired) electrons. The zero-order chi connectivity index (χ0) is 45.0. The molecule has 1 heterocycles. The van der Waals surface area contributed by atoms with Crippen molar-refractivity contribution in [3.63, 3.8) is 0 Å². The number of ketones is 1. The SMILES string of the molecule is C=C(C(=O)N[C@@H](c1ccccc1)[C@H](O)C(=O)O[C@H]1C[C@@]2(O)[C@@H](OC(=O)c3ccccc3)[C@@H]3[C@]4(OC(C)=O)CO[C@@H]4C[C@H](O)[C@@]3(C)C(=O)[C@H](OC(C)=O)C(=C1C)C2(C)C)C(C)F. The van der Waals surface area contributed by atoms with E-state index < -0.39 is 124 Å². The molecule has 1 saturated heterocycles. The molecule has 0 spiro atoms. The molecule has 1 aliphatic heterocycles. The lowest BCUT2D eigenvalue weighted by Crippen LogP contribution is -2.82. The second-order valence-electron chi connectivity index (χ2n) is 17.1. The van der Waals surface area contributed by atoms with Gasteiger partial charge in [0.15, 0.2) is 23.6 Å². The Morgan fingerprint density at radius 1 is 0.951 bits per heavy atom. The number of amides is 1. The number of aliphatic hydroxyl groups excluding tert-OH is 2. The van der Waals surface area contributed by atoms with Crippen molar-refractivity contribution >= 4 is 35.6 Å². The molecule has 61 heavy (non-hydrogen) atoms.